The number of rotatable bonds is 2. The molecule has 5 rings (SSSR count). The smallest absolute Gasteiger partial charge is 0.252 e. The largest absolute Gasteiger partial charge is 0.294 e. The summed E-state index contributed by atoms with van der Waals surface area (Å²) < 4.78 is 1.59. The fraction of sp³-hybridized carbons (Fsp3) is 0.167. The van der Waals surface area contributed by atoms with Gasteiger partial charge in [-0.05, 0) is 30.0 Å². The Morgan fingerprint density at radius 1 is 1.16 bits per heavy atom. The van der Waals surface area contributed by atoms with E-state index < -0.39 is 0 Å². The van der Waals surface area contributed by atoms with Crippen LogP contribution in [0.1, 0.15) is 33.3 Å². The Balaban J connectivity index is 1.59. The van der Waals surface area contributed by atoms with Crippen molar-refractivity contribution < 1.29 is 4.79 Å². The molecular formula is C18H13N5OS. The van der Waals surface area contributed by atoms with E-state index >= 15 is 0 Å². The van der Waals surface area contributed by atoms with Gasteiger partial charge in [0, 0.05) is 41.4 Å². The third kappa shape index (κ3) is 2.44. The van der Waals surface area contributed by atoms with Gasteiger partial charge in [-0.25, -0.2) is 9.50 Å². The highest BCUT2D eigenvalue weighted by Crippen LogP contribution is 2.34. The van der Waals surface area contributed by atoms with Crippen molar-refractivity contribution >= 4 is 22.9 Å². The van der Waals surface area contributed by atoms with Crippen molar-refractivity contribution in [1.29, 1.82) is 0 Å². The Morgan fingerprint density at radius 2 is 2.12 bits per heavy atom. The van der Waals surface area contributed by atoms with Crippen molar-refractivity contribution in [2.45, 2.75) is 18.8 Å². The summed E-state index contributed by atoms with van der Waals surface area (Å²) in [6, 6.07) is 7.85. The molecule has 0 unspecified atom stereocenters. The molecule has 0 saturated carbocycles. The van der Waals surface area contributed by atoms with Gasteiger partial charge < -0.3 is 0 Å². The van der Waals surface area contributed by atoms with E-state index in [0.29, 0.717) is 23.6 Å². The highest BCUT2D eigenvalue weighted by atomic mass is 32.1. The van der Waals surface area contributed by atoms with Crippen molar-refractivity contribution in [2.75, 3.05) is 0 Å². The fourth-order valence-corrected chi connectivity index (χ4v) is 4.06. The minimum atomic E-state index is 0.118. The van der Waals surface area contributed by atoms with Crippen molar-refractivity contribution in [2.24, 2.45) is 0 Å². The Labute approximate surface area is 147 Å². The van der Waals surface area contributed by atoms with Crippen LogP contribution >= 0.6 is 11.3 Å². The van der Waals surface area contributed by atoms with Crippen molar-refractivity contribution in [1.82, 2.24) is 24.6 Å². The molecule has 0 spiro atoms. The zero-order valence-corrected chi connectivity index (χ0v) is 14.0. The van der Waals surface area contributed by atoms with E-state index in [1.807, 2.05) is 23.6 Å². The predicted octanol–water partition coefficient (Wildman–Crippen LogP) is 3.16. The summed E-state index contributed by atoms with van der Waals surface area (Å²) >= 11 is 1.69. The maximum atomic E-state index is 12.6. The van der Waals surface area contributed by atoms with E-state index in [1.54, 1.807) is 34.4 Å². The Hall–Kier alpha value is -2.93. The van der Waals surface area contributed by atoms with Gasteiger partial charge in [0.1, 0.15) is 0 Å². The number of carbonyl (C=O) groups excluding carboxylic acids is 1. The Morgan fingerprint density at radius 3 is 2.92 bits per heavy atom. The van der Waals surface area contributed by atoms with Crippen LogP contribution in [0.2, 0.25) is 0 Å². The van der Waals surface area contributed by atoms with Gasteiger partial charge in [-0.3, -0.25) is 9.78 Å². The van der Waals surface area contributed by atoms with Crippen molar-refractivity contribution in [3.63, 3.8) is 0 Å². The van der Waals surface area contributed by atoms with Crippen LogP contribution in [0.25, 0.3) is 17.2 Å². The standard InChI is InChI=1S/C18H13N5OS/c24-15-8-12(16-4-2-6-25-16)7-14-13(15)10-23-18(20-14)21-17(22-23)11-3-1-5-19-9-11/h1-6,9-10,12H,7-8H2/t12-/m0/s1. The number of carbonyl (C=O) groups is 1. The number of ketones is 1. The lowest BCUT2D eigenvalue weighted by Gasteiger charge is -2.21. The fourth-order valence-electron chi connectivity index (χ4n) is 3.23. The molecular weight excluding hydrogens is 334 g/mol. The number of pyridine rings is 1. The van der Waals surface area contributed by atoms with E-state index in [9.17, 15) is 4.79 Å². The summed E-state index contributed by atoms with van der Waals surface area (Å²) in [7, 11) is 0. The molecule has 1 aliphatic rings. The molecule has 1 atom stereocenters. The van der Waals surface area contributed by atoms with Crippen LogP contribution in [-0.2, 0) is 6.42 Å². The SMILES string of the molecule is O=C1C[C@@H](c2cccs2)Cc2nc3nc(-c4cccnc4)nn3cc21. The van der Waals surface area contributed by atoms with Crippen molar-refractivity contribution in [3.8, 4) is 11.4 Å². The molecule has 25 heavy (non-hydrogen) atoms. The number of hydrogen-bond acceptors (Lipinski definition) is 6. The van der Waals surface area contributed by atoms with Gasteiger partial charge in [0.05, 0.1) is 11.3 Å². The van der Waals surface area contributed by atoms with Crippen molar-refractivity contribution in [3.05, 3.63) is 64.4 Å². The van der Waals surface area contributed by atoms with E-state index in [0.717, 1.165) is 17.7 Å². The van der Waals surface area contributed by atoms with Crippen LogP contribution in [-0.4, -0.2) is 30.3 Å². The number of thiophene rings is 1. The first-order valence-corrected chi connectivity index (χ1v) is 8.89. The van der Waals surface area contributed by atoms with Gasteiger partial charge in [-0.15, -0.1) is 16.4 Å². The molecule has 1 aliphatic carbocycles. The molecule has 4 aromatic rings. The molecule has 4 aromatic heterocycles. The van der Waals surface area contributed by atoms with E-state index in [2.05, 4.69) is 26.1 Å². The molecule has 0 N–H and O–H groups in total. The summed E-state index contributed by atoms with van der Waals surface area (Å²) in [5.74, 6) is 1.39. The second kappa shape index (κ2) is 5.56. The normalized spacial score (nSPS) is 17.0. The topological polar surface area (TPSA) is 73.0 Å². The van der Waals surface area contributed by atoms with Gasteiger partial charge >= 0.3 is 0 Å². The summed E-state index contributed by atoms with van der Waals surface area (Å²) in [6.07, 6.45) is 6.46. The lowest BCUT2D eigenvalue weighted by Crippen LogP contribution is -2.20. The number of fused-ring (bicyclic) bond motifs is 2. The zero-order valence-electron chi connectivity index (χ0n) is 13.2. The third-order valence-electron chi connectivity index (χ3n) is 4.45. The van der Waals surface area contributed by atoms with Crippen LogP contribution in [0.5, 0.6) is 0 Å². The summed E-state index contributed by atoms with van der Waals surface area (Å²) in [5.41, 5.74) is 2.30. The predicted molar refractivity (Wildman–Crippen MR) is 93.7 cm³/mol. The summed E-state index contributed by atoms with van der Waals surface area (Å²) in [5, 5.41) is 6.49. The van der Waals surface area contributed by atoms with E-state index in [-0.39, 0.29) is 11.7 Å². The van der Waals surface area contributed by atoms with Gasteiger partial charge in [-0.2, -0.15) is 4.98 Å². The lowest BCUT2D eigenvalue weighted by atomic mass is 9.86. The number of aromatic nitrogens is 5. The molecule has 0 fully saturated rings. The summed E-state index contributed by atoms with van der Waals surface area (Å²) in [6.45, 7) is 0. The molecule has 7 heteroatoms. The average Bonchev–Trinajstić information content (AvgIpc) is 3.30. The Kier molecular flexibility index (Phi) is 3.21. The molecule has 6 nitrogen and oxygen atoms in total. The highest BCUT2D eigenvalue weighted by molar-refractivity contribution is 7.10. The second-order valence-electron chi connectivity index (χ2n) is 6.07. The maximum Gasteiger partial charge on any atom is 0.252 e. The van der Waals surface area contributed by atoms with Crippen LogP contribution < -0.4 is 0 Å². The molecule has 0 aromatic carbocycles. The zero-order chi connectivity index (χ0) is 16.8. The molecule has 0 bridgehead atoms. The molecule has 4 heterocycles. The third-order valence-corrected chi connectivity index (χ3v) is 5.48. The quantitative estimate of drug-likeness (QED) is 0.557. The molecule has 0 radical (unpaired) electrons. The van der Waals surface area contributed by atoms with E-state index in [1.165, 1.54) is 4.88 Å². The highest BCUT2D eigenvalue weighted by Gasteiger charge is 2.29. The molecule has 0 aliphatic heterocycles. The van der Waals surface area contributed by atoms with Crippen LogP contribution in [0, 0.1) is 0 Å². The van der Waals surface area contributed by atoms with E-state index in [4.69, 9.17) is 0 Å². The maximum absolute atomic E-state index is 12.6. The average molecular weight is 347 g/mol. The molecule has 0 amide bonds. The minimum absolute atomic E-state index is 0.118. The monoisotopic (exact) mass is 347 g/mol. The Bertz CT molecular complexity index is 1070. The van der Waals surface area contributed by atoms with Gasteiger partial charge in [0.25, 0.3) is 5.78 Å². The lowest BCUT2D eigenvalue weighted by molar-refractivity contribution is 0.0963. The van der Waals surface area contributed by atoms with Gasteiger partial charge in [-0.1, -0.05) is 6.07 Å². The molecule has 0 saturated heterocycles. The minimum Gasteiger partial charge on any atom is -0.294 e. The second-order valence-corrected chi connectivity index (χ2v) is 7.05. The van der Waals surface area contributed by atoms with Gasteiger partial charge in [0.2, 0.25) is 0 Å². The molecule has 122 valence electrons. The van der Waals surface area contributed by atoms with Crippen LogP contribution in [0.15, 0.2) is 48.2 Å². The summed E-state index contributed by atoms with van der Waals surface area (Å²) in [4.78, 5) is 27.1. The first-order chi connectivity index (χ1) is 12.3. The first kappa shape index (κ1) is 14.4. The van der Waals surface area contributed by atoms with Crippen LogP contribution in [0.3, 0.4) is 0 Å². The number of nitrogens with zero attached hydrogens (tertiary/aromatic N) is 5. The van der Waals surface area contributed by atoms with Gasteiger partial charge in [0.15, 0.2) is 11.6 Å². The number of hydrogen-bond donors (Lipinski definition) is 0. The number of Topliss-reactive ketones (excluding diaryl/α,β-unsaturated/α-hetero) is 1. The first-order valence-electron chi connectivity index (χ1n) is 8.01. The van der Waals surface area contributed by atoms with Crippen LogP contribution in [0.4, 0.5) is 0 Å².